The van der Waals surface area contributed by atoms with Crippen molar-refractivity contribution in [2.75, 3.05) is 26.3 Å². The van der Waals surface area contributed by atoms with Gasteiger partial charge in [0.15, 0.2) is 0 Å². The SMILES string of the molecule is O=S(=O)(NN1CCOCC1)c1ccc(Cl)cc1. The van der Waals surface area contributed by atoms with Crippen LogP contribution in [0.1, 0.15) is 0 Å². The summed E-state index contributed by atoms with van der Waals surface area (Å²) in [4.78, 5) is 2.72. The first-order chi connectivity index (χ1) is 8.08. The molecular weight excluding hydrogens is 264 g/mol. The molecule has 1 saturated heterocycles. The van der Waals surface area contributed by atoms with Crippen LogP contribution in [0.5, 0.6) is 0 Å². The van der Waals surface area contributed by atoms with Gasteiger partial charge in [0.05, 0.1) is 18.1 Å². The molecule has 0 unspecified atom stereocenters. The van der Waals surface area contributed by atoms with Gasteiger partial charge in [-0.25, -0.2) is 13.4 Å². The molecule has 17 heavy (non-hydrogen) atoms. The summed E-state index contributed by atoms with van der Waals surface area (Å²) in [7, 11) is -3.51. The second-order valence-electron chi connectivity index (χ2n) is 3.65. The molecule has 7 heteroatoms. The molecule has 1 aliphatic heterocycles. The predicted octanol–water partition coefficient (Wildman–Crippen LogP) is 0.866. The van der Waals surface area contributed by atoms with Gasteiger partial charge in [-0.1, -0.05) is 11.6 Å². The summed E-state index contributed by atoms with van der Waals surface area (Å²) in [6, 6.07) is 6.06. The van der Waals surface area contributed by atoms with Crippen LogP contribution in [0.4, 0.5) is 0 Å². The molecule has 0 aromatic heterocycles. The molecule has 1 aromatic carbocycles. The van der Waals surface area contributed by atoms with E-state index in [9.17, 15) is 8.42 Å². The van der Waals surface area contributed by atoms with Gasteiger partial charge in [-0.05, 0) is 24.3 Å². The van der Waals surface area contributed by atoms with Crippen molar-refractivity contribution < 1.29 is 13.2 Å². The number of sulfonamides is 1. The van der Waals surface area contributed by atoms with E-state index in [1.807, 2.05) is 0 Å². The molecule has 0 bridgehead atoms. The lowest BCUT2D eigenvalue weighted by Gasteiger charge is -2.26. The molecule has 1 heterocycles. The quantitative estimate of drug-likeness (QED) is 0.890. The molecule has 94 valence electrons. The summed E-state index contributed by atoms with van der Waals surface area (Å²) >= 11 is 5.71. The average molecular weight is 277 g/mol. The van der Waals surface area contributed by atoms with E-state index in [-0.39, 0.29) is 4.90 Å². The highest BCUT2D eigenvalue weighted by molar-refractivity contribution is 7.89. The fourth-order valence-electron chi connectivity index (χ4n) is 1.49. The van der Waals surface area contributed by atoms with Crippen molar-refractivity contribution in [1.82, 2.24) is 9.84 Å². The summed E-state index contributed by atoms with van der Waals surface area (Å²) in [5, 5.41) is 2.14. The maximum atomic E-state index is 12.0. The molecule has 0 spiro atoms. The Morgan fingerprint density at radius 3 is 2.35 bits per heavy atom. The normalized spacial score (nSPS) is 18.2. The number of hydrogen-bond acceptors (Lipinski definition) is 4. The molecule has 2 rings (SSSR count). The number of rotatable bonds is 3. The van der Waals surface area contributed by atoms with Crippen LogP contribution in [0.25, 0.3) is 0 Å². The highest BCUT2D eigenvalue weighted by Gasteiger charge is 2.19. The lowest BCUT2D eigenvalue weighted by molar-refractivity contribution is 0.0272. The second-order valence-corrected chi connectivity index (χ2v) is 5.75. The van der Waals surface area contributed by atoms with E-state index in [0.29, 0.717) is 31.3 Å². The molecular formula is C10H13ClN2O3S. The monoisotopic (exact) mass is 276 g/mol. The zero-order valence-corrected chi connectivity index (χ0v) is 10.7. The highest BCUT2D eigenvalue weighted by atomic mass is 35.5. The van der Waals surface area contributed by atoms with E-state index < -0.39 is 10.0 Å². The van der Waals surface area contributed by atoms with Gasteiger partial charge >= 0.3 is 0 Å². The molecule has 0 atom stereocenters. The van der Waals surface area contributed by atoms with E-state index in [2.05, 4.69) is 4.83 Å². The Morgan fingerprint density at radius 2 is 1.76 bits per heavy atom. The molecule has 5 nitrogen and oxygen atoms in total. The van der Waals surface area contributed by atoms with Crippen molar-refractivity contribution in [2.45, 2.75) is 4.90 Å². The largest absolute Gasteiger partial charge is 0.379 e. The third-order valence-electron chi connectivity index (χ3n) is 2.38. The number of hydrazine groups is 1. The number of nitrogens with zero attached hydrogens (tertiary/aromatic N) is 1. The topological polar surface area (TPSA) is 58.6 Å². The van der Waals surface area contributed by atoms with E-state index in [1.165, 1.54) is 12.1 Å². The van der Waals surface area contributed by atoms with Crippen LogP contribution in [0.2, 0.25) is 5.02 Å². The smallest absolute Gasteiger partial charge is 0.253 e. The minimum Gasteiger partial charge on any atom is -0.379 e. The van der Waals surface area contributed by atoms with Gasteiger partial charge in [0.25, 0.3) is 10.0 Å². The molecule has 1 aliphatic rings. The first-order valence-electron chi connectivity index (χ1n) is 5.19. The Bertz CT molecular complexity index is 469. The van der Waals surface area contributed by atoms with Gasteiger partial charge in [-0.3, -0.25) is 0 Å². The van der Waals surface area contributed by atoms with Crippen LogP contribution in [0.3, 0.4) is 0 Å². The Hall–Kier alpha value is -0.660. The molecule has 1 fully saturated rings. The number of morpholine rings is 1. The number of nitrogens with one attached hydrogen (secondary N) is 1. The standard InChI is InChI=1S/C10H13ClN2O3S/c11-9-1-3-10(4-2-9)17(14,15)12-13-5-7-16-8-6-13/h1-4,12H,5-8H2. The van der Waals surface area contributed by atoms with E-state index in [0.717, 1.165) is 0 Å². The van der Waals surface area contributed by atoms with E-state index >= 15 is 0 Å². The fraction of sp³-hybridized carbons (Fsp3) is 0.400. The first-order valence-corrected chi connectivity index (χ1v) is 7.05. The van der Waals surface area contributed by atoms with Crippen LogP contribution in [0.15, 0.2) is 29.2 Å². The zero-order chi connectivity index (χ0) is 12.3. The Kier molecular flexibility index (Phi) is 4.01. The second kappa shape index (κ2) is 5.32. The Morgan fingerprint density at radius 1 is 1.18 bits per heavy atom. The lowest BCUT2D eigenvalue weighted by Crippen LogP contribution is -2.48. The number of hydrogen-bond donors (Lipinski definition) is 1. The van der Waals surface area contributed by atoms with Crippen molar-refractivity contribution in [3.8, 4) is 0 Å². The number of ether oxygens (including phenoxy) is 1. The molecule has 0 saturated carbocycles. The summed E-state index contributed by atoms with van der Waals surface area (Å²) in [5.74, 6) is 0. The molecule has 1 N–H and O–H groups in total. The number of benzene rings is 1. The van der Waals surface area contributed by atoms with Gasteiger partial charge in [0.1, 0.15) is 0 Å². The highest BCUT2D eigenvalue weighted by Crippen LogP contribution is 2.14. The van der Waals surface area contributed by atoms with Crippen LogP contribution in [0, 0.1) is 0 Å². The van der Waals surface area contributed by atoms with Gasteiger partial charge in [-0.2, -0.15) is 0 Å². The van der Waals surface area contributed by atoms with Crippen molar-refractivity contribution >= 4 is 21.6 Å². The first kappa shape index (κ1) is 12.8. The van der Waals surface area contributed by atoms with Gasteiger partial charge in [0.2, 0.25) is 0 Å². The van der Waals surface area contributed by atoms with Gasteiger partial charge in [0, 0.05) is 18.1 Å². The third-order valence-corrected chi connectivity index (χ3v) is 4.03. The van der Waals surface area contributed by atoms with E-state index in [4.69, 9.17) is 16.3 Å². The lowest BCUT2D eigenvalue weighted by atomic mass is 10.4. The van der Waals surface area contributed by atoms with E-state index in [1.54, 1.807) is 17.1 Å². The summed E-state index contributed by atoms with van der Waals surface area (Å²) in [5.41, 5.74) is 0. The number of halogens is 1. The minimum absolute atomic E-state index is 0.202. The van der Waals surface area contributed by atoms with Crippen molar-refractivity contribution in [2.24, 2.45) is 0 Å². The summed E-state index contributed by atoms with van der Waals surface area (Å²) in [6.07, 6.45) is 0. The minimum atomic E-state index is -3.51. The summed E-state index contributed by atoms with van der Waals surface area (Å²) in [6.45, 7) is 2.16. The zero-order valence-electron chi connectivity index (χ0n) is 9.10. The predicted molar refractivity (Wildman–Crippen MR) is 64.2 cm³/mol. The van der Waals surface area contributed by atoms with Crippen LogP contribution in [-0.2, 0) is 14.8 Å². The average Bonchev–Trinajstić information content (AvgIpc) is 2.30. The van der Waals surface area contributed by atoms with Gasteiger partial charge in [-0.15, -0.1) is 4.83 Å². The van der Waals surface area contributed by atoms with Crippen LogP contribution < -0.4 is 4.83 Å². The van der Waals surface area contributed by atoms with Crippen molar-refractivity contribution in [1.29, 1.82) is 0 Å². The maximum Gasteiger partial charge on any atom is 0.253 e. The Balaban J connectivity index is 2.10. The molecule has 1 aromatic rings. The molecule has 0 aliphatic carbocycles. The van der Waals surface area contributed by atoms with Crippen molar-refractivity contribution in [3.63, 3.8) is 0 Å². The molecule has 0 radical (unpaired) electrons. The van der Waals surface area contributed by atoms with Crippen LogP contribution >= 0.6 is 11.6 Å². The maximum absolute atomic E-state index is 12.0. The van der Waals surface area contributed by atoms with Crippen molar-refractivity contribution in [3.05, 3.63) is 29.3 Å². The molecule has 0 amide bonds. The summed E-state index contributed by atoms with van der Waals surface area (Å²) < 4.78 is 29.1. The van der Waals surface area contributed by atoms with Crippen LogP contribution in [-0.4, -0.2) is 39.7 Å². The Labute approximate surface area is 105 Å². The third kappa shape index (κ3) is 3.40. The fourth-order valence-corrected chi connectivity index (χ4v) is 2.74. The van der Waals surface area contributed by atoms with Gasteiger partial charge < -0.3 is 4.74 Å².